The van der Waals surface area contributed by atoms with E-state index in [0.29, 0.717) is 5.92 Å². The van der Waals surface area contributed by atoms with Gasteiger partial charge in [0.2, 0.25) is 0 Å². The first kappa shape index (κ1) is 22.7. The van der Waals surface area contributed by atoms with Gasteiger partial charge in [-0.1, -0.05) is 44.2 Å². The van der Waals surface area contributed by atoms with E-state index < -0.39 is 0 Å². The first-order valence-electron chi connectivity index (χ1n) is 10.2. The minimum atomic E-state index is 0. The highest BCUT2D eigenvalue weighted by Crippen LogP contribution is 2.21. The van der Waals surface area contributed by atoms with Gasteiger partial charge >= 0.3 is 0 Å². The van der Waals surface area contributed by atoms with Gasteiger partial charge in [-0.05, 0) is 37.2 Å². The zero-order valence-corrected chi connectivity index (χ0v) is 19.9. The van der Waals surface area contributed by atoms with Crippen LogP contribution in [0.3, 0.4) is 0 Å². The largest absolute Gasteiger partial charge is 0.352 e. The van der Waals surface area contributed by atoms with E-state index in [4.69, 9.17) is 0 Å². The average Bonchev–Trinajstić information content (AvgIpc) is 3.27. The van der Waals surface area contributed by atoms with Gasteiger partial charge in [0.1, 0.15) is 0 Å². The zero-order chi connectivity index (χ0) is 19.2. The molecule has 1 atom stereocenters. The fourth-order valence-corrected chi connectivity index (χ4v) is 4.23. The predicted molar refractivity (Wildman–Crippen MR) is 127 cm³/mol. The number of benzene rings is 1. The summed E-state index contributed by atoms with van der Waals surface area (Å²) in [4.78, 5) is 6.95. The van der Waals surface area contributed by atoms with Crippen LogP contribution in [0, 0.1) is 5.92 Å². The maximum absolute atomic E-state index is 4.68. The van der Waals surface area contributed by atoms with E-state index in [1.165, 1.54) is 28.9 Å². The third-order valence-corrected chi connectivity index (χ3v) is 5.62. The Morgan fingerprint density at radius 3 is 2.61 bits per heavy atom. The molecule has 1 fully saturated rings. The topological polar surface area (TPSA) is 45.5 Å². The summed E-state index contributed by atoms with van der Waals surface area (Å²) in [7, 11) is 3.93. The molecule has 0 aliphatic carbocycles. The summed E-state index contributed by atoms with van der Waals surface area (Å²) in [6.45, 7) is 7.32. The van der Waals surface area contributed by atoms with Crippen LogP contribution in [0.15, 0.2) is 35.3 Å². The summed E-state index contributed by atoms with van der Waals surface area (Å²) in [6.07, 6.45) is 4.34. The monoisotopic (exact) mass is 495 g/mol. The first-order chi connectivity index (χ1) is 13.2. The Morgan fingerprint density at radius 1 is 1.21 bits per heavy atom. The molecule has 0 amide bonds. The van der Waals surface area contributed by atoms with Crippen LogP contribution in [0.25, 0.3) is 0 Å². The molecule has 1 aliphatic heterocycles. The minimum absolute atomic E-state index is 0. The summed E-state index contributed by atoms with van der Waals surface area (Å²) in [6, 6.07) is 10.8. The van der Waals surface area contributed by atoms with Crippen LogP contribution in [0.1, 0.15) is 42.8 Å². The molecule has 1 aromatic carbocycles. The lowest BCUT2D eigenvalue weighted by molar-refractivity contribution is 0.459. The lowest BCUT2D eigenvalue weighted by Crippen LogP contribution is -2.40. The number of hydrogen-bond donors (Lipinski definition) is 1. The summed E-state index contributed by atoms with van der Waals surface area (Å²) in [5.41, 5.74) is 5.28. The van der Waals surface area contributed by atoms with E-state index in [2.05, 4.69) is 64.5 Å². The molecule has 1 aromatic heterocycles. The average molecular weight is 495 g/mol. The Balaban J connectivity index is 0.00000280. The van der Waals surface area contributed by atoms with Gasteiger partial charge in [0, 0.05) is 45.0 Å². The first-order valence-corrected chi connectivity index (χ1v) is 10.2. The molecular formula is C22H34IN5. The molecule has 0 spiro atoms. The van der Waals surface area contributed by atoms with Crippen molar-refractivity contribution in [1.29, 1.82) is 0 Å². The van der Waals surface area contributed by atoms with Gasteiger partial charge in [0.15, 0.2) is 5.96 Å². The van der Waals surface area contributed by atoms with Crippen molar-refractivity contribution in [3.8, 4) is 0 Å². The molecule has 1 N–H and O–H groups in total. The predicted octanol–water partition coefficient (Wildman–Crippen LogP) is 3.80. The van der Waals surface area contributed by atoms with Crippen LogP contribution in [-0.2, 0) is 32.9 Å². The fourth-order valence-electron chi connectivity index (χ4n) is 4.23. The van der Waals surface area contributed by atoms with Crippen molar-refractivity contribution in [3.63, 3.8) is 0 Å². The third kappa shape index (κ3) is 5.27. The standard InChI is InChI=1S/C22H33N5.HI/c1-5-20-19(21(6-2)26(4)25-20)15-24-22(23-3)27-13-12-18(16-27)14-17-10-8-7-9-11-17;/h7-11,18H,5-6,12-16H2,1-4H3,(H,23,24);1H. The van der Waals surface area contributed by atoms with Crippen LogP contribution >= 0.6 is 24.0 Å². The van der Waals surface area contributed by atoms with Gasteiger partial charge in [-0.2, -0.15) is 5.10 Å². The van der Waals surface area contributed by atoms with E-state index in [1.54, 1.807) is 0 Å². The summed E-state index contributed by atoms with van der Waals surface area (Å²) < 4.78 is 2.03. The summed E-state index contributed by atoms with van der Waals surface area (Å²) in [5.74, 6) is 1.71. The van der Waals surface area contributed by atoms with Crippen molar-refractivity contribution in [3.05, 3.63) is 52.8 Å². The van der Waals surface area contributed by atoms with Crippen LogP contribution in [-0.4, -0.2) is 40.8 Å². The lowest BCUT2D eigenvalue weighted by Gasteiger charge is -2.22. The van der Waals surface area contributed by atoms with E-state index in [-0.39, 0.29) is 24.0 Å². The highest BCUT2D eigenvalue weighted by atomic mass is 127. The molecular weight excluding hydrogens is 461 g/mol. The maximum atomic E-state index is 4.68. The fraction of sp³-hybridized carbons (Fsp3) is 0.545. The molecule has 154 valence electrons. The molecule has 0 radical (unpaired) electrons. The van der Waals surface area contributed by atoms with Gasteiger partial charge in [-0.15, -0.1) is 24.0 Å². The maximum Gasteiger partial charge on any atom is 0.193 e. The Bertz CT molecular complexity index is 769. The van der Waals surface area contributed by atoms with E-state index in [1.807, 2.05) is 18.8 Å². The number of guanidine groups is 1. The Labute approximate surface area is 186 Å². The van der Waals surface area contributed by atoms with Crippen LogP contribution in [0.4, 0.5) is 0 Å². The number of nitrogens with one attached hydrogen (secondary N) is 1. The van der Waals surface area contributed by atoms with E-state index in [0.717, 1.165) is 44.9 Å². The number of rotatable bonds is 6. The normalized spacial score (nSPS) is 16.9. The van der Waals surface area contributed by atoms with Crippen molar-refractivity contribution in [2.24, 2.45) is 18.0 Å². The number of aliphatic imine (C=N–C) groups is 1. The molecule has 2 heterocycles. The number of aromatic nitrogens is 2. The number of hydrogen-bond acceptors (Lipinski definition) is 2. The number of halogens is 1. The molecule has 5 nitrogen and oxygen atoms in total. The second-order valence-corrected chi connectivity index (χ2v) is 7.39. The Hall–Kier alpha value is -1.57. The molecule has 3 rings (SSSR count). The molecule has 1 unspecified atom stereocenters. The minimum Gasteiger partial charge on any atom is -0.352 e. The Kier molecular flexibility index (Phi) is 8.79. The van der Waals surface area contributed by atoms with Crippen molar-refractivity contribution in [2.45, 2.75) is 46.1 Å². The van der Waals surface area contributed by atoms with E-state index >= 15 is 0 Å². The molecule has 1 saturated heterocycles. The van der Waals surface area contributed by atoms with Gasteiger partial charge in [0.25, 0.3) is 0 Å². The molecule has 6 heteroatoms. The van der Waals surface area contributed by atoms with Crippen molar-refractivity contribution >= 4 is 29.9 Å². The quantitative estimate of drug-likeness (QED) is 0.377. The molecule has 1 aliphatic rings. The van der Waals surface area contributed by atoms with Crippen LogP contribution in [0.5, 0.6) is 0 Å². The number of nitrogens with zero attached hydrogens (tertiary/aromatic N) is 4. The summed E-state index contributed by atoms with van der Waals surface area (Å²) >= 11 is 0. The van der Waals surface area contributed by atoms with Crippen LogP contribution < -0.4 is 5.32 Å². The summed E-state index contributed by atoms with van der Waals surface area (Å²) in [5, 5.41) is 8.28. The van der Waals surface area contributed by atoms with Crippen molar-refractivity contribution in [1.82, 2.24) is 20.0 Å². The van der Waals surface area contributed by atoms with Gasteiger partial charge in [-0.25, -0.2) is 0 Å². The van der Waals surface area contributed by atoms with Crippen LogP contribution in [0.2, 0.25) is 0 Å². The van der Waals surface area contributed by atoms with Gasteiger partial charge in [-0.3, -0.25) is 9.67 Å². The SMILES string of the molecule is CCc1nn(C)c(CC)c1CNC(=NC)N1CCC(Cc2ccccc2)C1.I. The highest BCUT2D eigenvalue weighted by molar-refractivity contribution is 14.0. The smallest absolute Gasteiger partial charge is 0.193 e. The van der Waals surface area contributed by atoms with Gasteiger partial charge < -0.3 is 10.2 Å². The highest BCUT2D eigenvalue weighted by Gasteiger charge is 2.25. The molecule has 28 heavy (non-hydrogen) atoms. The zero-order valence-electron chi connectivity index (χ0n) is 17.6. The number of aryl methyl sites for hydroxylation is 2. The lowest BCUT2D eigenvalue weighted by atomic mass is 9.99. The Morgan fingerprint density at radius 2 is 1.96 bits per heavy atom. The van der Waals surface area contributed by atoms with E-state index in [9.17, 15) is 0 Å². The number of likely N-dealkylation sites (tertiary alicyclic amines) is 1. The molecule has 0 bridgehead atoms. The third-order valence-electron chi connectivity index (χ3n) is 5.62. The van der Waals surface area contributed by atoms with Crippen molar-refractivity contribution in [2.75, 3.05) is 20.1 Å². The second kappa shape index (κ2) is 10.8. The second-order valence-electron chi connectivity index (χ2n) is 7.39. The van der Waals surface area contributed by atoms with Gasteiger partial charge in [0.05, 0.1) is 5.69 Å². The molecule has 0 saturated carbocycles. The molecule has 2 aromatic rings. The van der Waals surface area contributed by atoms with Crippen molar-refractivity contribution < 1.29 is 0 Å².